The fraction of sp³-hybridized carbons (Fsp3) is 0. The monoisotopic (exact) mass is 726 g/mol. The predicted molar refractivity (Wildman–Crippen MR) is 234 cm³/mol. The van der Waals surface area contributed by atoms with Gasteiger partial charge in [0.25, 0.3) is 0 Å². The third-order valence-electron chi connectivity index (χ3n) is 11.9. The molecule has 6 heteroatoms. The third kappa shape index (κ3) is 4.16. The highest BCUT2D eigenvalue weighted by molar-refractivity contribution is 6.27. The molecule has 13 rings (SSSR count). The van der Waals surface area contributed by atoms with Crippen molar-refractivity contribution in [3.8, 4) is 34.4 Å². The van der Waals surface area contributed by atoms with Crippen LogP contribution in [0.2, 0.25) is 0 Å². The topological polar surface area (TPSA) is 52.9 Å². The molecule has 0 saturated carbocycles. The number of aromatic nitrogens is 6. The number of rotatable bonds is 4. The minimum absolute atomic E-state index is 0.571. The van der Waals surface area contributed by atoms with E-state index in [2.05, 4.69) is 196 Å². The molecule has 0 unspecified atom stereocenters. The van der Waals surface area contributed by atoms with Crippen LogP contribution in [0.4, 0.5) is 0 Å². The molecule has 0 amide bonds. The van der Waals surface area contributed by atoms with E-state index < -0.39 is 0 Å². The Labute approximate surface area is 325 Å². The van der Waals surface area contributed by atoms with Gasteiger partial charge in [0.05, 0.1) is 38.6 Å². The molecule has 6 nitrogen and oxygen atoms in total. The van der Waals surface area contributed by atoms with E-state index in [1.165, 1.54) is 43.7 Å². The summed E-state index contributed by atoms with van der Waals surface area (Å²) in [6.45, 7) is 0. The van der Waals surface area contributed by atoms with Crippen molar-refractivity contribution >= 4 is 81.7 Å². The highest BCUT2D eigenvalue weighted by atomic mass is 15.3. The van der Waals surface area contributed by atoms with Gasteiger partial charge >= 0.3 is 0 Å². The molecule has 0 aliphatic rings. The third-order valence-corrected chi connectivity index (χ3v) is 11.9. The van der Waals surface area contributed by atoms with Gasteiger partial charge in [0.15, 0.2) is 5.82 Å². The second kappa shape index (κ2) is 11.4. The van der Waals surface area contributed by atoms with Crippen molar-refractivity contribution in [1.82, 2.24) is 28.5 Å². The van der Waals surface area contributed by atoms with Gasteiger partial charge in [-0.2, -0.15) is 15.0 Å². The lowest BCUT2D eigenvalue weighted by Gasteiger charge is -2.13. The summed E-state index contributed by atoms with van der Waals surface area (Å²) in [5.41, 5.74) is 11.2. The highest BCUT2D eigenvalue weighted by Gasteiger charge is 2.22. The maximum Gasteiger partial charge on any atom is 0.240 e. The van der Waals surface area contributed by atoms with Crippen molar-refractivity contribution in [2.45, 2.75) is 0 Å². The van der Waals surface area contributed by atoms with Crippen molar-refractivity contribution in [1.29, 1.82) is 0 Å². The van der Waals surface area contributed by atoms with Crippen LogP contribution < -0.4 is 0 Å². The first-order valence-electron chi connectivity index (χ1n) is 19.3. The van der Waals surface area contributed by atoms with E-state index in [1.807, 2.05) is 0 Å². The summed E-state index contributed by atoms with van der Waals surface area (Å²) >= 11 is 0. The Bertz CT molecular complexity index is 3520. The van der Waals surface area contributed by atoms with Gasteiger partial charge in [-0.05, 0) is 47.5 Å². The van der Waals surface area contributed by atoms with Crippen LogP contribution in [0.25, 0.3) is 116 Å². The summed E-state index contributed by atoms with van der Waals surface area (Å²) in [7, 11) is 0. The molecule has 0 atom stereocenters. The molecule has 0 N–H and O–H groups in total. The van der Waals surface area contributed by atoms with Crippen molar-refractivity contribution in [2.75, 3.05) is 0 Å². The fourth-order valence-electron chi connectivity index (χ4n) is 9.46. The van der Waals surface area contributed by atoms with Crippen LogP contribution in [0.1, 0.15) is 0 Å². The van der Waals surface area contributed by atoms with Gasteiger partial charge in [-0.25, -0.2) is 0 Å². The number of fused-ring (bicyclic) bond motifs is 12. The lowest BCUT2D eigenvalue weighted by molar-refractivity contribution is 0.893. The fourth-order valence-corrected chi connectivity index (χ4v) is 9.46. The maximum atomic E-state index is 5.31. The molecular weight excluding hydrogens is 697 g/mol. The van der Waals surface area contributed by atoms with Crippen LogP contribution in [0.5, 0.6) is 0 Å². The zero-order valence-corrected chi connectivity index (χ0v) is 30.5. The van der Waals surface area contributed by atoms with Crippen LogP contribution in [-0.4, -0.2) is 28.5 Å². The van der Waals surface area contributed by atoms with Crippen LogP contribution in [0.3, 0.4) is 0 Å². The molecule has 0 spiro atoms. The minimum Gasteiger partial charge on any atom is -0.308 e. The average Bonchev–Trinajstić information content (AvgIpc) is 4.01. The van der Waals surface area contributed by atoms with Gasteiger partial charge in [0, 0.05) is 48.7 Å². The van der Waals surface area contributed by atoms with Gasteiger partial charge in [-0.3, -0.25) is 9.13 Å². The summed E-state index contributed by atoms with van der Waals surface area (Å²) in [4.78, 5) is 15.9. The van der Waals surface area contributed by atoms with Crippen LogP contribution in [-0.2, 0) is 0 Å². The molecule has 0 radical (unpaired) electrons. The lowest BCUT2D eigenvalue weighted by Crippen LogP contribution is -2.10. The summed E-state index contributed by atoms with van der Waals surface area (Å²) in [5.74, 6) is 1.75. The Morgan fingerprint density at radius 1 is 0.298 bits per heavy atom. The van der Waals surface area contributed by atoms with E-state index in [1.54, 1.807) is 0 Å². The minimum atomic E-state index is 0.571. The van der Waals surface area contributed by atoms with Crippen molar-refractivity contribution in [3.05, 3.63) is 182 Å². The molecule has 8 aromatic carbocycles. The summed E-state index contributed by atoms with van der Waals surface area (Å²) in [6, 6.07) is 64.7. The predicted octanol–water partition coefficient (Wildman–Crippen LogP) is 12.5. The molecule has 5 heterocycles. The van der Waals surface area contributed by atoms with E-state index in [4.69, 9.17) is 15.0 Å². The number of hydrogen-bond acceptors (Lipinski definition) is 3. The Balaban J connectivity index is 1.05. The number of nitrogens with zero attached hydrogens (tertiary/aromatic N) is 6. The first-order valence-corrected chi connectivity index (χ1v) is 19.3. The maximum absolute atomic E-state index is 5.31. The first-order chi connectivity index (χ1) is 28.3. The molecule has 0 aliphatic carbocycles. The molecule has 57 heavy (non-hydrogen) atoms. The smallest absolute Gasteiger partial charge is 0.240 e. The van der Waals surface area contributed by atoms with E-state index in [0.29, 0.717) is 17.7 Å². The summed E-state index contributed by atoms with van der Waals surface area (Å²) in [6.07, 6.45) is 0. The van der Waals surface area contributed by atoms with Crippen molar-refractivity contribution in [2.24, 2.45) is 0 Å². The molecule has 13 aromatic rings. The standard InChI is InChI=1S/C51H30N6/c1-8-20-42-34(13-1)35-14-2-9-21-43(35)56(42)50-52-49(53-51(54-50)57-44-22-10-3-15-36(44)37-16-4-11-23-45(37)57)32-27-25-31(26-28-32)33-29-30-39-38-17-5-7-19-41(38)55-46-24-12-6-18-40(46)47(33)48(39)55/h1-30H. The van der Waals surface area contributed by atoms with E-state index in [0.717, 1.165) is 54.7 Å². The molecule has 5 aromatic heterocycles. The first kappa shape index (κ1) is 30.5. The molecule has 0 bridgehead atoms. The zero-order valence-electron chi connectivity index (χ0n) is 30.5. The lowest BCUT2D eigenvalue weighted by atomic mass is 9.96. The van der Waals surface area contributed by atoms with Gasteiger partial charge in [0.2, 0.25) is 11.9 Å². The second-order valence-corrected chi connectivity index (χ2v) is 14.8. The van der Waals surface area contributed by atoms with Gasteiger partial charge < -0.3 is 4.40 Å². The molecular formula is C51H30N6. The Kier molecular flexibility index (Phi) is 6.07. The zero-order chi connectivity index (χ0) is 37.2. The summed E-state index contributed by atoms with van der Waals surface area (Å²) in [5, 5.41) is 9.71. The van der Waals surface area contributed by atoms with E-state index in [-0.39, 0.29) is 0 Å². The van der Waals surface area contributed by atoms with E-state index in [9.17, 15) is 0 Å². The largest absolute Gasteiger partial charge is 0.308 e. The van der Waals surface area contributed by atoms with Crippen LogP contribution in [0, 0.1) is 0 Å². The Morgan fingerprint density at radius 3 is 1.18 bits per heavy atom. The van der Waals surface area contributed by atoms with E-state index >= 15 is 0 Å². The second-order valence-electron chi connectivity index (χ2n) is 14.8. The average molecular weight is 727 g/mol. The number of para-hydroxylation sites is 6. The summed E-state index contributed by atoms with van der Waals surface area (Å²) < 4.78 is 6.79. The van der Waals surface area contributed by atoms with Gasteiger partial charge in [-0.15, -0.1) is 0 Å². The number of hydrogen-bond donors (Lipinski definition) is 0. The molecule has 0 aliphatic heterocycles. The normalized spacial score (nSPS) is 12.2. The Hall–Kier alpha value is -7.83. The quantitative estimate of drug-likeness (QED) is 0.181. The number of benzene rings is 8. The molecule has 0 fully saturated rings. The molecule has 264 valence electrons. The molecule has 0 saturated heterocycles. The highest BCUT2D eigenvalue weighted by Crippen LogP contribution is 2.44. The SMILES string of the molecule is c1ccc2c(c1)c1ccccc1n2-c1nc(-c2ccc(-c3ccc4c5ccccc5n5c6ccccc6c3c45)cc2)nc(-n2c3ccccc3c3ccccc32)n1. The van der Waals surface area contributed by atoms with Gasteiger partial charge in [0.1, 0.15) is 0 Å². The van der Waals surface area contributed by atoms with Crippen LogP contribution in [0.15, 0.2) is 182 Å². The van der Waals surface area contributed by atoms with Crippen molar-refractivity contribution < 1.29 is 0 Å². The van der Waals surface area contributed by atoms with Crippen LogP contribution >= 0.6 is 0 Å². The van der Waals surface area contributed by atoms with Gasteiger partial charge in [-0.1, -0.05) is 146 Å². The van der Waals surface area contributed by atoms with Crippen molar-refractivity contribution in [3.63, 3.8) is 0 Å². The Morgan fingerprint density at radius 2 is 0.684 bits per heavy atom.